The number of aliphatic hydroxyl groups is 1. The predicted octanol–water partition coefficient (Wildman–Crippen LogP) is 2.91. The normalized spacial score (nSPS) is 21.0. The standard InChI is InChI=1S/C22H26FN3O2.ClH/c23-16-5-3-4-14(11-16)10-15-12-19(25-20-13-24-9-8-17(15)20)22(28)26-18-6-1-2-7-21(18)27;/h3-5,11-12,18,21,24,27H,1-2,6-10,13H2,(H,26,28);1H/t18-,21-;/m0./s1. The third kappa shape index (κ3) is 5.13. The molecule has 1 fully saturated rings. The summed E-state index contributed by atoms with van der Waals surface area (Å²) in [6, 6.07) is 8.19. The number of aliphatic hydroxyl groups excluding tert-OH is 1. The maximum Gasteiger partial charge on any atom is 0.270 e. The Kier molecular flexibility index (Phi) is 7.22. The van der Waals surface area contributed by atoms with Crippen LogP contribution in [0.25, 0.3) is 0 Å². The Hall–Kier alpha value is -2.02. The molecule has 29 heavy (non-hydrogen) atoms. The van der Waals surface area contributed by atoms with Crippen molar-refractivity contribution in [1.29, 1.82) is 0 Å². The van der Waals surface area contributed by atoms with E-state index in [1.165, 1.54) is 12.1 Å². The van der Waals surface area contributed by atoms with Gasteiger partial charge in [-0.2, -0.15) is 0 Å². The highest BCUT2D eigenvalue weighted by Gasteiger charge is 2.26. The third-order valence-corrected chi connectivity index (χ3v) is 5.71. The molecule has 1 aromatic carbocycles. The molecule has 156 valence electrons. The molecule has 1 aromatic heterocycles. The number of pyridine rings is 1. The van der Waals surface area contributed by atoms with E-state index in [9.17, 15) is 14.3 Å². The second kappa shape index (κ2) is 9.65. The second-order valence-corrected chi connectivity index (χ2v) is 7.76. The fourth-order valence-electron chi connectivity index (χ4n) is 4.22. The Morgan fingerprint density at radius 1 is 1.28 bits per heavy atom. The molecule has 1 saturated carbocycles. The Morgan fingerprint density at radius 3 is 2.90 bits per heavy atom. The van der Waals surface area contributed by atoms with Gasteiger partial charge in [-0.25, -0.2) is 9.37 Å². The number of amides is 1. The van der Waals surface area contributed by atoms with E-state index in [0.717, 1.165) is 61.0 Å². The summed E-state index contributed by atoms with van der Waals surface area (Å²) in [5.74, 6) is -0.508. The van der Waals surface area contributed by atoms with Crippen molar-refractivity contribution in [2.75, 3.05) is 6.54 Å². The van der Waals surface area contributed by atoms with Crippen molar-refractivity contribution < 1.29 is 14.3 Å². The van der Waals surface area contributed by atoms with Crippen LogP contribution in [0, 0.1) is 5.82 Å². The van der Waals surface area contributed by atoms with Crippen LogP contribution in [0.1, 0.15) is 58.6 Å². The smallest absolute Gasteiger partial charge is 0.270 e. The van der Waals surface area contributed by atoms with E-state index < -0.39 is 6.10 Å². The summed E-state index contributed by atoms with van der Waals surface area (Å²) in [6.07, 6.45) is 4.42. The lowest BCUT2D eigenvalue weighted by Gasteiger charge is -2.28. The van der Waals surface area contributed by atoms with Crippen molar-refractivity contribution in [2.45, 2.75) is 57.2 Å². The molecular formula is C22H27ClFN3O2. The zero-order valence-electron chi connectivity index (χ0n) is 16.3. The average Bonchev–Trinajstić information content (AvgIpc) is 2.69. The lowest BCUT2D eigenvalue weighted by atomic mass is 9.92. The highest BCUT2D eigenvalue weighted by atomic mass is 35.5. The van der Waals surface area contributed by atoms with E-state index in [4.69, 9.17) is 0 Å². The van der Waals surface area contributed by atoms with Gasteiger partial charge in [0.25, 0.3) is 5.91 Å². The van der Waals surface area contributed by atoms with E-state index in [1.54, 1.807) is 6.07 Å². The summed E-state index contributed by atoms with van der Waals surface area (Å²) >= 11 is 0. The number of nitrogens with zero attached hydrogens (tertiary/aromatic N) is 1. The largest absolute Gasteiger partial charge is 0.391 e. The first-order valence-corrected chi connectivity index (χ1v) is 10.1. The van der Waals surface area contributed by atoms with Crippen LogP contribution in [-0.2, 0) is 19.4 Å². The number of fused-ring (bicyclic) bond motifs is 1. The van der Waals surface area contributed by atoms with Crippen LogP contribution < -0.4 is 10.6 Å². The number of hydrogen-bond donors (Lipinski definition) is 3. The summed E-state index contributed by atoms with van der Waals surface area (Å²) in [7, 11) is 0. The lowest BCUT2D eigenvalue weighted by molar-refractivity contribution is 0.0713. The van der Waals surface area contributed by atoms with E-state index >= 15 is 0 Å². The summed E-state index contributed by atoms with van der Waals surface area (Å²) in [5, 5.41) is 16.4. The maximum atomic E-state index is 13.6. The molecule has 1 amide bonds. The molecule has 0 bridgehead atoms. The molecule has 3 N–H and O–H groups in total. The van der Waals surface area contributed by atoms with Crippen molar-refractivity contribution in [2.24, 2.45) is 0 Å². The zero-order chi connectivity index (χ0) is 19.5. The lowest BCUT2D eigenvalue weighted by Crippen LogP contribution is -2.45. The van der Waals surface area contributed by atoms with Crippen LogP contribution in [0.2, 0.25) is 0 Å². The van der Waals surface area contributed by atoms with Crippen molar-refractivity contribution in [3.8, 4) is 0 Å². The van der Waals surface area contributed by atoms with Gasteiger partial charge in [0.2, 0.25) is 0 Å². The number of carbonyl (C=O) groups excluding carboxylic acids is 1. The molecule has 4 rings (SSSR count). The number of rotatable bonds is 4. The average molecular weight is 420 g/mol. The van der Waals surface area contributed by atoms with Crippen LogP contribution in [-0.4, -0.2) is 34.7 Å². The number of halogens is 2. The molecule has 5 nitrogen and oxygen atoms in total. The highest BCUT2D eigenvalue weighted by molar-refractivity contribution is 5.93. The van der Waals surface area contributed by atoms with Gasteiger partial charge < -0.3 is 15.7 Å². The van der Waals surface area contributed by atoms with E-state index in [0.29, 0.717) is 18.7 Å². The van der Waals surface area contributed by atoms with Gasteiger partial charge in [-0.05, 0) is 67.1 Å². The first-order valence-electron chi connectivity index (χ1n) is 10.1. The van der Waals surface area contributed by atoms with Gasteiger partial charge in [-0.3, -0.25) is 4.79 Å². The number of nitrogens with one attached hydrogen (secondary N) is 2. The number of carbonyl (C=O) groups is 1. The summed E-state index contributed by atoms with van der Waals surface area (Å²) in [4.78, 5) is 17.4. The molecule has 2 atom stereocenters. The van der Waals surface area contributed by atoms with Gasteiger partial charge in [-0.1, -0.05) is 25.0 Å². The highest BCUT2D eigenvalue weighted by Crippen LogP contribution is 2.23. The van der Waals surface area contributed by atoms with Gasteiger partial charge in [0, 0.05) is 6.54 Å². The molecular weight excluding hydrogens is 393 g/mol. The molecule has 0 unspecified atom stereocenters. The first kappa shape index (κ1) is 21.7. The first-order chi connectivity index (χ1) is 13.6. The minimum absolute atomic E-state index is 0. The Balaban J connectivity index is 0.00000240. The number of hydrogen-bond acceptors (Lipinski definition) is 4. The van der Waals surface area contributed by atoms with Crippen LogP contribution in [0.4, 0.5) is 4.39 Å². The number of aromatic nitrogens is 1. The van der Waals surface area contributed by atoms with Crippen molar-refractivity contribution in [3.63, 3.8) is 0 Å². The summed E-state index contributed by atoms with van der Waals surface area (Å²) in [5.41, 5.74) is 4.30. The molecule has 0 radical (unpaired) electrons. The van der Waals surface area contributed by atoms with Crippen LogP contribution in [0.15, 0.2) is 30.3 Å². The molecule has 2 aliphatic rings. The third-order valence-electron chi connectivity index (χ3n) is 5.71. The topological polar surface area (TPSA) is 74.2 Å². The summed E-state index contributed by atoms with van der Waals surface area (Å²) in [6.45, 7) is 1.49. The van der Waals surface area contributed by atoms with Crippen molar-refractivity contribution in [3.05, 3.63) is 64.2 Å². The predicted molar refractivity (Wildman–Crippen MR) is 112 cm³/mol. The Labute approximate surface area is 176 Å². The van der Waals surface area contributed by atoms with Crippen molar-refractivity contribution in [1.82, 2.24) is 15.6 Å². The van der Waals surface area contributed by atoms with Crippen molar-refractivity contribution >= 4 is 18.3 Å². The molecule has 0 spiro atoms. The Morgan fingerprint density at radius 2 is 2.10 bits per heavy atom. The summed E-state index contributed by atoms with van der Waals surface area (Å²) < 4.78 is 13.6. The fraction of sp³-hybridized carbons (Fsp3) is 0.455. The van der Waals surface area contributed by atoms with E-state index in [2.05, 4.69) is 15.6 Å². The SMILES string of the molecule is Cl.O=C(N[C@H]1CCCC[C@@H]1O)c1cc(Cc2cccc(F)c2)c2c(n1)CNCC2. The molecule has 0 saturated heterocycles. The van der Waals surface area contributed by atoms with Crippen LogP contribution in [0.3, 0.4) is 0 Å². The molecule has 1 aliphatic carbocycles. The fourth-order valence-corrected chi connectivity index (χ4v) is 4.22. The quantitative estimate of drug-likeness (QED) is 0.712. The van der Waals surface area contributed by atoms with Crippen LogP contribution >= 0.6 is 12.4 Å². The molecule has 2 aromatic rings. The van der Waals surface area contributed by atoms with E-state index in [-0.39, 0.29) is 30.2 Å². The van der Waals surface area contributed by atoms with E-state index in [1.807, 2.05) is 12.1 Å². The Bertz CT molecular complexity index is 877. The van der Waals surface area contributed by atoms with Gasteiger partial charge in [0.05, 0.1) is 17.8 Å². The minimum atomic E-state index is -0.497. The molecule has 7 heteroatoms. The van der Waals surface area contributed by atoms with Gasteiger partial charge in [-0.15, -0.1) is 12.4 Å². The maximum absolute atomic E-state index is 13.6. The zero-order valence-corrected chi connectivity index (χ0v) is 17.1. The van der Waals surface area contributed by atoms with Crippen LogP contribution in [0.5, 0.6) is 0 Å². The minimum Gasteiger partial charge on any atom is -0.391 e. The van der Waals surface area contributed by atoms with Gasteiger partial charge >= 0.3 is 0 Å². The van der Waals surface area contributed by atoms with Gasteiger partial charge in [0.15, 0.2) is 0 Å². The van der Waals surface area contributed by atoms with Gasteiger partial charge in [0.1, 0.15) is 11.5 Å². The second-order valence-electron chi connectivity index (χ2n) is 7.76. The monoisotopic (exact) mass is 419 g/mol. The molecule has 1 aliphatic heterocycles. The number of benzene rings is 1. The molecule has 2 heterocycles.